The Morgan fingerprint density at radius 3 is 2.30 bits per heavy atom. The Hall–Kier alpha value is 0.0100. The van der Waals surface area contributed by atoms with E-state index in [0.717, 1.165) is 23.6 Å². The van der Waals surface area contributed by atoms with Crippen LogP contribution >= 0.6 is 67.8 Å². The highest BCUT2D eigenvalue weighted by atomic mass is 127. The van der Waals surface area contributed by atoms with Gasteiger partial charge in [-0.25, -0.2) is 4.79 Å². The van der Waals surface area contributed by atoms with Crippen molar-refractivity contribution in [3.05, 3.63) is 51.2 Å². The molecule has 1 aliphatic rings. The maximum absolute atomic E-state index is 12.9. The van der Waals surface area contributed by atoms with Crippen molar-refractivity contribution in [2.75, 3.05) is 0 Å². The van der Waals surface area contributed by atoms with E-state index in [1.807, 2.05) is 12.1 Å². The number of rotatable bonds is 3. The monoisotopic (exact) mass is 724 g/mol. The maximum atomic E-state index is 12.9. The minimum Gasteiger partial charge on any atom is -0.422 e. The number of carbonyl (C=O) groups excluding carboxylic acids is 1. The van der Waals surface area contributed by atoms with Crippen LogP contribution in [0.25, 0.3) is 0 Å². The molecule has 3 rings (SSSR count). The summed E-state index contributed by atoms with van der Waals surface area (Å²) in [6, 6.07) is 5.20. The van der Waals surface area contributed by atoms with Gasteiger partial charge in [-0.1, -0.05) is 0 Å². The van der Waals surface area contributed by atoms with Gasteiger partial charge in [-0.3, -0.25) is 4.55 Å². The molecule has 1 aliphatic carbocycles. The molecule has 0 heterocycles. The summed E-state index contributed by atoms with van der Waals surface area (Å²) >= 11 is 6.41. The number of ether oxygens (including phenoxy) is 1. The van der Waals surface area contributed by atoms with Gasteiger partial charge in [0.25, 0.3) is 10.1 Å². The Bertz CT molecular complexity index is 1050. The van der Waals surface area contributed by atoms with Gasteiger partial charge in [-0.15, -0.1) is 0 Å². The number of halogens is 3. The molecule has 0 aromatic heterocycles. The first-order valence-corrected chi connectivity index (χ1v) is 12.8. The average molecular weight is 724 g/mol. The number of hydrogen-bond donors (Lipinski definition) is 1. The van der Waals surface area contributed by atoms with Gasteiger partial charge >= 0.3 is 5.97 Å². The summed E-state index contributed by atoms with van der Waals surface area (Å²) in [7, 11) is -4.33. The molecule has 0 amide bonds. The Kier molecular flexibility index (Phi) is 6.75. The van der Waals surface area contributed by atoms with Gasteiger partial charge in [-0.05, 0) is 135 Å². The summed E-state index contributed by atoms with van der Waals surface area (Å²) in [6.07, 6.45) is 2.86. The second-order valence-corrected chi connectivity index (χ2v) is 11.1. The molecule has 0 fully saturated rings. The Morgan fingerprint density at radius 2 is 1.67 bits per heavy atom. The van der Waals surface area contributed by atoms with E-state index in [-0.39, 0.29) is 4.90 Å². The van der Waals surface area contributed by atoms with Crippen LogP contribution in [0.4, 0.5) is 0 Å². The molecule has 0 aliphatic heterocycles. The Morgan fingerprint density at radius 1 is 1.07 bits per heavy atom. The van der Waals surface area contributed by atoms with Crippen molar-refractivity contribution < 1.29 is 22.5 Å². The molecular weight excluding hydrogens is 709 g/mol. The van der Waals surface area contributed by atoms with Gasteiger partial charge in [0.05, 0.1) is 10.5 Å². The van der Waals surface area contributed by atoms with E-state index in [9.17, 15) is 17.8 Å². The fraction of sp³-hybridized carbons (Fsp3) is 0.278. The molecule has 0 unspecified atom stereocenters. The lowest BCUT2D eigenvalue weighted by Gasteiger charge is -2.23. The summed E-state index contributed by atoms with van der Waals surface area (Å²) in [6.45, 7) is 1.69. The minimum atomic E-state index is -4.33. The molecule has 2 aromatic carbocycles. The fourth-order valence-corrected chi connectivity index (χ4v) is 6.43. The lowest BCUT2D eigenvalue weighted by atomic mass is 9.89. The van der Waals surface area contributed by atoms with Crippen LogP contribution in [0.5, 0.6) is 5.75 Å². The third-order valence-electron chi connectivity index (χ3n) is 4.47. The molecule has 0 atom stereocenters. The molecule has 2 aromatic rings. The zero-order chi connectivity index (χ0) is 19.9. The molecule has 144 valence electrons. The fourth-order valence-electron chi connectivity index (χ4n) is 3.25. The highest BCUT2D eigenvalue weighted by Gasteiger charge is 2.28. The van der Waals surface area contributed by atoms with Crippen LogP contribution in [0, 0.1) is 17.6 Å². The van der Waals surface area contributed by atoms with Crippen LogP contribution < -0.4 is 4.74 Å². The minimum absolute atomic E-state index is 0.0760. The van der Waals surface area contributed by atoms with E-state index in [1.165, 1.54) is 6.07 Å². The van der Waals surface area contributed by atoms with Crippen molar-refractivity contribution in [1.29, 1.82) is 0 Å². The van der Waals surface area contributed by atoms with Gasteiger partial charge in [0.15, 0.2) is 0 Å². The van der Waals surface area contributed by atoms with Crippen LogP contribution in [0.1, 0.15) is 39.9 Å². The summed E-state index contributed by atoms with van der Waals surface area (Å²) < 4.78 is 41.5. The molecule has 27 heavy (non-hydrogen) atoms. The maximum Gasteiger partial charge on any atom is 0.345 e. The molecule has 5 nitrogen and oxygen atoms in total. The van der Waals surface area contributed by atoms with Crippen molar-refractivity contribution in [2.45, 2.75) is 37.5 Å². The summed E-state index contributed by atoms with van der Waals surface area (Å²) in [5, 5.41) is 0. The lowest BCUT2D eigenvalue weighted by molar-refractivity contribution is 0.0729. The number of aryl methyl sites for hydroxylation is 1. The molecule has 0 spiro atoms. The highest BCUT2D eigenvalue weighted by Crippen LogP contribution is 2.38. The van der Waals surface area contributed by atoms with Gasteiger partial charge in [0.2, 0.25) is 0 Å². The molecular formula is C18H15I3O5S. The molecule has 0 saturated carbocycles. The molecule has 0 saturated heterocycles. The zero-order valence-electron chi connectivity index (χ0n) is 14.2. The third kappa shape index (κ3) is 4.46. The third-order valence-corrected chi connectivity index (χ3v) is 9.34. The zero-order valence-corrected chi connectivity index (χ0v) is 21.5. The first kappa shape index (κ1) is 21.7. The number of fused-ring (bicyclic) bond motifs is 1. The molecule has 0 bridgehead atoms. The Balaban J connectivity index is 2.11. The second kappa shape index (κ2) is 8.40. The van der Waals surface area contributed by atoms with Crippen molar-refractivity contribution in [3.8, 4) is 5.75 Å². The van der Waals surface area contributed by atoms with E-state index in [2.05, 4.69) is 67.8 Å². The SMILES string of the molecule is Cc1cc(S(=O)(=O)O)c2c(c1OC(=O)c1c(I)ccc(I)c1I)CCCC2. The Labute approximate surface area is 198 Å². The van der Waals surface area contributed by atoms with E-state index in [0.29, 0.717) is 40.8 Å². The first-order valence-electron chi connectivity index (χ1n) is 8.09. The van der Waals surface area contributed by atoms with E-state index < -0.39 is 16.1 Å². The average Bonchev–Trinajstić information content (AvgIpc) is 2.60. The van der Waals surface area contributed by atoms with Gasteiger partial charge in [-0.2, -0.15) is 8.42 Å². The largest absolute Gasteiger partial charge is 0.422 e. The van der Waals surface area contributed by atoms with Crippen LogP contribution in [0.3, 0.4) is 0 Å². The smallest absolute Gasteiger partial charge is 0.345 e. The van der Waals surface area contributed by atoms with Crippen molar-refractivity contribution in [2.24, 2.45) is 0 Å². The number of benzene rings is 2. The lowest BCUT2D eigenvalue weighted by Crippen LogP contribution is -2.18. The number of carbonyl (C=O) groups is 1. The predicted molar refractivity (Wildman–Crippen MR) is 127 cm³/mol. The normalized spacial score (nSPS) is 14.0. The van der Waals surface area contributed by atoms with Crippen LogP contribution in [0.15, 0.2) is 23.1 Å². The summed E-state index contributed by atoms with van der Waals surface area (Å²) in [5.41, 5.74) is 2.29. The van der Waals surface area contributed by atoms with E-state index >= 15 is 0 Å². The highest BCUT2D eigenvalue weighted by molar-refractivity contribution is 14.1. The van der Waals surface area contributed by atoms with E-state index in [4.69, 9.17) is 4.74 Å². The standard InChI is InChI=1S/C18H15I3O5S/c1-9-8-14(27(23,24)25)10-4-2-3-5-11(10)17(9)26-18(22)15-12(19)6-7-13(20)16(15)21/h6-8H,2-5H2,1H3,(H,23,24,25). The quantitative estimate of drug-likeness (QED) is 0.156. The second-order valence-electron chi connectivity index (χ2n) is 6.27. The van der Waals surface area contributed by atoms with Crippen LogP contribution in [-0.2, 0) is 23.0 Å². The number of esters is 1. The molecule has 0 radical (unpaired) electrons. The molecule has 9 heteroatoms. The first-order chi connectivity index (χ1) is 12.6. The predicted octanol–water partition coefficient (Wildman–Crippen LogP) is 5.15. The van der Waals surface area contributed by atoms with Gasteiger partial charge < -0.3 is 4.74 Å². The summed E-state index contributed by atoms with van der Waals surface area (Å²) in [5.74, 6) is -0.0506. The van der Waals surface area contributed by atoms with Crippen molar-refractivity contribution in [3.63, 3.8) is 0 Å². The van der Waals surface area contributed by atoms with Crippen LogP contribution in [0.2, 0.25) is 0 Å². The van der Waals surface area contributed by atoms with Crippen molar-refractivity contribution in [1.82, 2.24) is 0 Å². The van der Waals surface area contributed by atoms with Crippen molar-refractivity contribution >= 4 is 83.9 Å². The van der Waals surface area contributed by atoms with Gasteiger partial charge in [0.1, 0.15) is 5.75 Å². The topological polar surface area (TPSA) is 80.7 Å². The number of hydrogen-bond acceptors (Lipinski definition) is 4. The van der Waals surface area contributed by atoms with Gasteiger partial charge in [0, 0.05) is 10.7 Å². The molecule has 1 N–H and O–H groups in total. The van der Waals surface area contributed by atoms with E-state index in [1.54, 1.807) is 6.92 Å². The van der Waals surface area contributed by atoms with Crippen LogP contribution in [-0.4, -0.2) is 18.9 Å². The summed E-state index contributed by atoms with van der Waals surface area (Å²) in [4.78, 5) is 12.8.